The highest BCUT2D eigenvalue weighted by Gasteiger charge is 2.14. The van der Waals surface area contributed by atoms with E-state index >= 15 is 0 Å². The Morgan fingerprint density at radius 2 is 2.00 bits per heavy atom. The van der Waals surface area contributed by atoms with Gasteiger partial charge in [0.2, 0.25) is 0 Å². The van der Waals surface area contributed by atoms with Gasteiger partial charge in [-0.1, -0.05) is 18.3 Å². The van der Waals surface area contributed by atoms with E-state index in [0.717, 1.165) is 39.8 Å². The van der Waals surface area contributed by atoms with E-state index in [1.807, 2.05) is 18.3 Å². The van der Waals surface area contributed by atoms with Gasteiger partial charge in [-0.3, -0.25) is 4.98 Å². The average Bonchev–Trinajstić information content (AvgIpc) is 2.54. The number of benzene rings is 1. The molecule has 0 atom stereocenters. The van der Waals surface area contributed by atoms with E-state index in [1.54, 1.807) is 0 Å². The molecular formula is C17H15N3S. The van der Waals surface area contributed by atoms with Crippen LogP contribution >= 0.6 is 12.2 Å². The van der Waals surface area contributed by atoms with E-state index < -0.39 is 0 Å². The van der Waals surface area contributed by atoms with Crippen molar-refractivity contribution < 1.29 is 0 Å². The van der Waals surface area contributed by atoms with Gasteiger partial charge in [0.05, 0.1) is 5.52 Å². The standard InChI is InChI=1S/C17H15N3S/c21-17-13-5-1-2-6-15(13)19-16(20-17)12-7-8-14-11(10-12)4-3-9-18-14/h3-4,7-10H,1-2,5-6H2,(H,19,20,21). The Balaban J connectivity index is 1.88. The van der Waals surface area contributed by atoms with Crippen LogP contribution in [0.15, 0.2) is 36.5 Å². The highest BCUT2D eigenvalue weighted by atomic mass is 32.1. The van der Waals surface area contributed by atoms with Crippen LogP contribution in [0.1, 0.15) is 24.1 Å². The highest BCUT2D eigenvalue weighted by Crippen LogP contribution is 2.25. The molecule has 1 aliphatic carbocycles. The van der Waals surface area contributed by atoms with Gasteiger partial charge >= 0.3 is 0 Å². The minimum atomic E-state index is 0.754. The van der Waals surface area contributed by atoms with E-state index in [0.29, 0.717) is 0 Å². The number of aryl methyl sites for hydroxylation is 1. The summed E-state index contributed by atoms with van der Waals surface area (Å²) in [5.41, 5.74) is 4.57. The molecule has 21 heavy (non-hydrogen) atoms. The monoisotopic (exact) mass is 293 g/mol. The van der Waals surface area contributed by atoms with Crippen LogP contribution in [0.25, 0.3) is 22.3 Å². The van der Waals surface area contributed by atoms with Gasteiger partial charge in [0.25, 0.3) is 0 Å². The van der Waals surface area contributed by atoms with Crippen LogP contribution in [0.3, 0.4) is 0 Å². The smallest absolute Gasteiger partial charge is 0.139 e. The van der Waals surface area contributed by atoms with Gasteiger partial charge in [-0.15, -0.1) is 0 Å². The molecule has 0 spiro atoms. The molecule has 1 aromatic carbocycles. The maximum Gasteiger partial charge on any atom is 0.139 e. The van der Waals surface area contributed by atoms with Gasteiger partial charge in [0.1, 0.15) is 10.5 Å². The molecule has 2 aromatic heterocycles. The fourth-order valence-corrected chi connectivity index (χ4v) is 3.30. The second-order valence-electron chi connectivity index (χ2n) is 5.47. The fourth-order valence-electron chi connectivity index (χ4n) is 2.98. The summed E-state index contributed by atoms with van der Waals surface area (Å²) in [7, 11) is 0. The first-order chi connectivity index (χ1) is 10.3. The molecule has 0 saturated carbocycles. The van der Waals surface area contributed by atoms with Crippen LogP contribution in [0.5, 0.6) is 0 Å². The lowest BCUT2D eigenvalue weighted by atomic mass is 9.97. The Morgan fingerprint density at radius 1 is 1.10 bits per heavy atom. The summed E-state index contributed by atoms with van der Waals surface area (Å²) < 4.78 is 0.754. The third kappa shape index (κ3) is 2.25. The lowest BCUT2D eigenvalue weighted by Crippen LogP contribution is -2.08. The average molecular weight is 293 g/mol. The lowest BCUT2D eigenvalue weighted by molar-refractivity contribution is 0.661. The van der Waals surface area contributed by atoms with Crippen LogP contribution in [0, 0.1) is 4.64 Å². The van der Waals surface area contributed by atoms with Crippen LogP contribution in [-0.4, -0.2) is 15.0 Å². The zero-order valence-corrected chi connectivity index (χ0v) is 12.4. The molecule has 0 fully saturated rings. The molecule has 1 aliphatic rings. The molecule has 3 aromatic rings. The van der Waals surface area contributed by atoms with Crippen molar-refractivity contribution in [1.29, 1.82) is 0 Å². The minimum absolute atomic E-state index is 0.754. The molecule has 3 nitrogen and oxygen atoms in total. The first kappa shape index (κ1) is 12.7. The summed E-state index contributed by atoms with van der Waals surface area (Å²) in [4.78, 5) is 12.4. The van der Waals surface area contributed by atoms with Crippen molar-refractivity contribution in [3.8, 4) is 11.4 Å². The molecule has 1 N–H and O–H groups in total. The van der Waals surface area contributed by atoms with Crippen molar-refractivity contribution in [2.24, 2.45) is 0 Å². The predicted octanol–water partition coefficient (Wildman–Crippen LogP) is 4.23. The number of aromatic amines is 1. The fraction of sp³-hybridized carbons (Fsp3) is 0.235. The molecule has 104 valence electrons. The SMILES string of the molecule is S=c1nc(-c2ccc3ncccc3c2)[nH]c2c1CCCC2. The normalized spacial score (nSPS) is 14.1. The quantitative estimate of drug-likeness (QED) is 0.683. The van der Waals surface area contributed by atoms with E-state index in [9.17, 15) is 0 Å². The molecular weight excluding hydrogens is 278 g/mol. The highest BCUT2D eigenvalue weighted by molar-refractivity contribution is 7.71. The number of nitrogens with one attached hydrogen (secondary N) is 1. The molecule has 0 radical (unpaired) electrons. The van der Waals surface area contributed by atoms with E-state index in [1.165, 1.54) is 24.1 Å². The van der Waals surface area contributed by atoms with Gasteiger partial charge in [0.15, 0.2) is 0 Å². The third-order valence-corrected chi connectivity index (χ3v) is 4.42. The Labute approximate surface area is 128 Å². The topological polar surface area (TPSA) is 41.6 Å². The number of hydrogen-bond donors (Lipinski definition) is 1. The van der Waals surface area contributed by atoms with Crippen LogP contribution < -0.4 is 0 Å². The largest absolute Gasteiger partial charge is 0.343 e. The Hall–Kier alpha value is -2.07. The summed E-state index contributed by atoms with van der Waals surface area (Å²) in [6.45, 7) is 0. The second kappa shape index (κ2) is 5.04. The Morgan fingerprint density at radius 3 is 2.95 bits per heavy atom. The molecule has 0 aliphatic heterocycles. The zero-order valence-electron chi connectivity index (χ0n) is 11.6. The van der Waals surface area contributed by atoms with Crippen molar-refractivity contribution in [2.75, 3.05) is 0 Å². The van der Waals surface area contributed by atoms with Crippen molar-refractivity contribution in [3.63, 3.8) is 0 Å². The van der Waals surface area contributed by atoms with E-state index in [-0.39, 0.29) is 0 Å². The van der Waals surface area contributed by atoms with Crippen molar-refractivity contribution in [1.82, 2.24) is 15.0 Å². The maximum atomic E-state index is 5.48. The summed E-state index contributed by atoms with van der Waals surface area (Å²) in [6.07, 6.45) is 6.38. The van der Waals surface area contributed by atoms with Crippen LogP contribution in [-0.2, 0) is 12.8 Å². The van der Waals surface area contributed by atoms with Crippen molar-refractivity contribution >= 4 is 23.1 Å². The summed E-state index contributed by atoms with van der Waals surface area (Å²) in [5.74, 6) is 0.867. The van der Waals surface area contributed by atoms with Gasteiger partial charge in [0, 0.05) is 28.4 Å². The van der Waals surface area contributed by atoms with Gasteiger partial charge in [-0.2, -0.15) is 0 Å². The number of rotatable bonds is 1. The second-order valence-corrected chi connectivity index (χ2v) is 5.85. The minimum Gasteiger partial charge on any atom is -0.343 e. The maximum absolute atomic E-state index is 5.48. The molecule has 0 unspecified atom stereocenters. The lowest BCUT2D eigenvalue weighted by Gasteiger charge is -2.16. The third-order valence-electron chi connectivity index (χ3n) is 4.09. The van der Waals surface area contributed by atoms with Crippen molar-refractivity contribution in [3.05, 3.63) is 52.4 Å². The molecule has 0 saturated heterocycles. The van der Waals surface area contributed by atoms with E-state index in [2.05, 4.69) is 33.2 Å². The van der Waals surface area contributed by atoms with Crippen molar-refractivity contribution in [2.45, 2.75) is 25.7 Å². The molecule has 0 amide bonds. The number of nitrogens with zero attached hydrogens (tertiary/aromatic N) is 2. The zero-order chi connectivity index (χ0) is 14.2. The predicted molar refractivity (Wildman–Crippen MR) is 86.8 cm³/mol. The first-order valence-corrected chi connectivity index (χ1v) is 7.69. The van der Waals surface area contributed by atoms with Crippen LogP contribution in [0.2, 0.25) is 0 Å². The molecule has 4 heteroatoms. The molecule has 0 bridgehead atoms. The number of H-pyrrole nitrogens is 1. The summed E-state index contributed by atoms with van der Waals surface area (Å²) in [5, 5.41) is 1.12. The molecule has 2 heterocycles. The van der Waals surface area contributed by atoms with Crippen LogP contribution in [0.4, 0.5) is 0 Å². The number of pyridine rings is 1. The summed E-state index contributed by atoms with van der Waals surface area (Å²) >= 11 is 5.48. The van der Waals surface area contributed by atoms with Gasteiger partial charge in [-0.05, 0) is 49.9 Å². The number of aromatic nitrogens is 3. The molecule has 4 rings (SSSR count). The van der Waals surface area contributed by atoms with Gasteiger partial charge in [-0.25, -0.2) is 4.98 Å². The number of fused-ring (bicyclic) bond motifs is 2. The number of hydrogen-bond acceptors (Lipinski definition) is 3. The van der Waals surface area contributed by atoms with E-state index in [4.69, 9.17) is 12.2 Å². The Bertz CT molecular complexity index is 883. The van der Waals surface area contributed by atoms with Gasteiger partial charge < -0.3 is 4.98 Å². The first-order valence-electron chi connectivity index (χ1n) is 7.28. The summed E-state index contributed by atoms with van der Waals surface area (Å²) in [6, 6.07) is 10.2. The Kier molecular flexibility index (Phi) is 3.04.